The molecule has 1 saturated heterocycles. The van der Waals surface area contributed by atoms with Crippen LogP contribution in [0.5, 0.6) is 0 Å². The van der Waals surface area contributed by atoms with Gasteiger partial charge in [-0.05, 0) is 20.3 Å². The topological polar surface area (TPSA) is 63.0 Å². The van der Waals surface area contributed by atoms with Gasteiger partial charge in [-0.15, -0.1) is 5.10 Å². The van der Waals surface area contributed by atoms with Gasteiger partial charge in [0.05, 0.1) is 25.0 Å². The van der Waals surface area contributed by atoms with Crippen LogP contribution in [0.2, 0.25) is 0 Å². The number of nitrogens with zero attached hydrogens (tertiary/aromatic N) is 5. The van der Waals surface area contributed by atoms with E-state index in [0.717, 1.165) is 48.4 Å². The minimum absolute atomic E-state index is 0.140. The summed E-state index contributed by atoms with van der Waals surface area (Å²) in [5.74, 6) is -0.140. The van der Waals surface area contributed by atoms with Gasteiger partial charge in [-0.1, -0.05) is 11.3 Å². The molecule has 1 aliphatic heterocycles. The molecule has 0 aromatic carbocycles. The fraction of sp³-hybridized carbons (Fsp3) is 0.643. The zero-order valence-electron chi connectivity index (χ0n) is 13.0. The predicted molar refractivity (Wildman–Crippen MR) is 85.5 cm³/mol. The largest absolute Gasteiger partial charge is 0.465 e. The van der Waals surface area contributed by atoms with E-state index in [2.05, 4.69) is 19.9 Å². The number of rotatable bonds is 4. The lowest BCUT2D eigenvalue weighted by Gasteiger charge is -2.20. The Hall–Kier alpha value is -1.67. The van der Waals surface area contributed by atoms with E-state index in [4.69, 9.17) is 4.74 Å². The van der Waals surface area contributed by atoms with E-state index in [9.17, 15) is 4.79 Å². The first kappa shape index (κ1) is 15.2. The molecule has 120 valence electrons. The smallest absolute Gasteiger partial charge is 0.320 e. The molecular weight excluding hydrogens is 302 g/mol. The molecular formula is C14H21N5O2S. The Morgan fingerprint density at radius 3 is 3.00 bits per heavy atom. The van der Waals surface area contributed by atoms with Crippen LogP contribution in [-0.2, 0) is 9.53 Å². The minimum Gasteiger partial charge on any atom is -0.465 e. The Balaban J connectivity index is 1.62. The van der Waals surface area contributed by atoms with Crippen molar-refractivity contribution in [3.05, 3.63) is 11.9 Å². The number of fused-ring (bicyclic) bond motifs is 1. The van der Waals surface area contributed by atoms with Crippen LogP contribution >= 0.6 is 11.3 Å². The average molecular weight is 323 g/mol. The average Bonchev–Trinajstić information content (AvgIpc) is 2.89. The van der Waals surface area contributed by atoms with Crippen LogP contribution in [0.25, 0.3) is 4.96 Å². The molecule has 3 rings (SSSR count). The number of esters is 1. The van der Waals surface area contributed by atoms with Crippen LogP contribution in [0.1, 0.15) is 19.0 Å². The molecule has 7 nitrogen and oxygen atoms in total. The third kappa shape index (κ3) is 3.38. The summed E-state index contributed by atoms with van der Waals surface area (Å²) in [6.07, 6.45) is 2.96. The maximum absolute atomic E-state index is 11.6. The van der Waals surface area contributed by atoms with Gasteiger partial charge in [0.25, 0.3) is 0 Å². The second-order valence-electron chi connectivity index (χ2n) is 5.42. The molecule has 0 saturated carbocycles. The molecule has 8 heteroatoms. The standard InChI is InChI=1S/C14H21N5O2S/c1-3-21-12(20)10-17-5-4-6-18(8-7-17)14-16-19-9-11(2)15-13(19)22-14/h9H,3-8,10H2,1-2H3. The van der Waals surface area contributed by atoms with E-state index < -0.39 is 0 Å². The summed E-state index contributed by atoms with van der Waals surface area (Å²) in [5, 5.41) is 5.60. The number of aryl methyl sites for hydroxylation is 1. The number of hydrogen-bond acceptors (Lipinski definition) is 7. The Bertz CT molecular complexity index is 621. The van der Waals surface area contributed by atoms with Crippen molar-refractivity contribution in [1.82, 2.24) is 19.5 Å². The number of hydrogen-bond donors (Lipinski definition) is 0. The second-order valence-corrected chi connectivity index (χ2v) is 6.35. The molecule has 0 bridgehead atoms. The van der Waals surface area contributed by atoms with Crippen LogP contribution in [0.4, 0.5) is 5.13 Å². The van der Waals surface area contributed by atoms with E-state index in [1.807, 2.05) is 24.6 Å². The highest BCUT2D eigenvalue weighted by atomic mass is 32.1. The summed E-state index contributed by atoms with van der Waals surface area (Å²) < 4.78 is 6.87. The van der Waals surface area contributed by atoms with Gasteiger partial charge in [0, 0.05) is 26.2 Å². The highest BCUT2D eigenvalue weighted by Crippen LogP contribution is 2.24. The lowest BCUT2D eigenvalue weighted by atomic mass is 10.4. The van der Waals surface area contributed by atoms with Crippen molar-refractivity contribution in [2.45, 2.75) is 20.3 Å². The lowest BCUT2D eigenvalue weighted by Crippen LogP contribution is -2.35. The normalized spacial score (nSPS) is 16.9. The van der Waals surface area contributed by atoms with Gasteiger partial charge in [-0.3, -0.25) is 9.69 Å². The Morgan fingerprint density at radius 2 is 2.23 bits per heavy atom. The monoisotopic (exact) mass is 323 g/mol. The summed E-state index contributed by atoms with van der Waals surface area (Å²) in [6.45, 7) is 8.21. The molecule has 0 N–H and O–H groups in total. The van der Waals surface area contributed by atoms with Gasteiger partial charge >= 0.3 is 5.97 Å². The van der Waals surface area contributed by atoms with E-state index in [0.29, 0.717) is 13.2 Å². The van der Waals surface area contributed by atoms with Gasteiger partial charge in [-0.25, -0.2) is 9.50 Å². The summed E-state index contributed by atoms with van der Waals surface area (Å²) in [7, 11) is 0. The van der Waals surface area contributed by atoms with Crippen LogP contribution in [0, 0.1) is 6.92 Å². The summed E-state index contributed by atoms with van der Waals surface area (Å²) in [6, 6.07) is 0. The number of carbonyl (C=O) groups excluding carboxylic acids is 1. The van der Waals surface area contributed by atoms with Crippen molar-refractivity contribution >= 4 is 27.4 Å². The Kier molecular flexibility index (Phi) is 4.58. The van der Waals surface area contributed by atoms with Gasteiger partial charge in [0.15, 0.2) is 0 Å². The summed E-state index contributed by atoms with van der Waals surface area (Å²) in [5.41, 5.74) is 0.988. The van der Waals surface area contributed by atoms with Crippen molar-refractivity contribution in [1.29, 1.82) is 0 Å². The van der Waals surface area contributed by atoms with Crippen LogP contribution in [0.15, 0.2) is 6.20 Å². The van der Waals surface area contributed by atoms with Crippen LogP contribution in [-0.4, -0.2) is 64.8 Å². The fourth-order valence-corrected chi connectivity index (χ4v) is 3.62. The van der Waals surface area contributed by atoms with Crippen LogP contribution in [0.3, 0.4) is 0 Å². The molecule has 2 aromatic rings. The van der Waals surface area contributed by atoms with Gasteiger partial charge in [0.1, 0.15) is 0 Å². The quantitative estimate of drug-likeness (QED) is 0.787. The molecule has 3 heterocycles. The summed E-state index contributed by atoms with van der Waals surface area (Å²) >= 11 is 1.61. The van der Waals surface area contributed by atoms with E-state index in [1.54, 1.807) is 11.3 Å². The van der Waals surface area contributed by atoms with Crippen molar-refractivity contribution in [3.63, 3.8) is 0 Å². The molecule has 0 spiro atoms. The number of anilines is 1. The maximum Gasteiger partial charge on any atom is 0.320 e. The fourth-order valence-electron chi connectivity index (χ4n) is 2.64. The van der Waals surface area contributed by atoms with E-state index >= 15 is 0 Å². The molecule has 0 unspecified atom stereocenters. The first-order chi connectivity index (χ1) is 10.7. The highest BCUT2D eigenvalue weighted by molar-refractivity contribution is 7.20. The predicted octanol–water partition coefficient (Wildman–Crippen LogP) is 1.17. The van der Waals surface area contributed by atoms with Crippen LogP contribution < -0.4 is 4.90 Å². The maximum atomic E-state index is 11.6. The number of imidazole rings is 1. The van der Waals surface area contributed by atoms with E-state index in [1.165, 1.54) is 0 Å². The third-order valence-electron chi connectivity index (χ3n) is 3.67. The highest BCUT2D eigenvalue weighted by Gasteiger charge is 2.20. The summed E-state index contributed by atoms with van der Waals surface area (Å²) in [4.78, 5) is 21.4. The number of carbonyl (C=O) groups is 1. The molecule has 0 amide bonds. The lowest BCUT2D eigenvalue weighted by molar-refractivity contribution is -0.144. The third-order valence-corrected chi connectivity index (χ3v) is 4.65. The molecule has 2 aromatic heterocycles. The van der Waals surface area contributed by atoms with Crippen molar-refractivity contribution in [2.75, 3.05) is 44.2 Å². The van der Waals surface area contributed by atoms with Crippen molar-refractivity contribution in [3.8, 4) is 0 Å². The first-order valence-electron chi connectivity index (χ1n) is 7.61. The van der Waals surface area contributed by atoms with Gasteiger partial charge < -0.3 is 9.64 Å². The van der Waals surface area contributed by atoms with Crippen molar-refractivity contribution < 1.29 is 9.53 Å². The molecule has 0 aliphatic carbocycles. The SMILES string of the molecule is CCOC(=O)CN1CCCN(c2nn3cc(C)nc3s2)CC1. The Labute approximate surface area is 133 Å². The number of aromatic nitrogens is 3. The molecule has 1 fully saturated rings. The zero-order valence-corrected chi connectivity index (χ0v) is 13.8. The second kappa shape index (κ2) is 6.62. The molecule has 1 aliphatic rings. The van der Waals surface area contributed by atoms with Crippen molar-refractivity contribution in [2.24, 2.45) is 0 Å². The van der Waals surface area contributed by atoms with Gasteiger partial charge in [0.2, 0.25) is 10.1 Å². The first-order valence-corrected chi connectivity index (χ1v) is 8.43. The van der Waals surface area contributed by atoms with Gasteiger partial charge in [-0.2, -0.15) is 0 Å². The molecule has 22 heavy (non-hydrogen) atoms. The zero-order chi connectivity index (χ0) is 15.5. The molecule has 0 atom stereocenters. The minimum atomic E-state index is -0.140. The number of ether oxygens (including phenoxy) is 1. The van der Waals surface area contributed by atoms with E-state index in [-0.39, 0.29) is 5.97 Å². The molecule has 0 radical (unpaired) electrons. The Morgan fingerprint density at radius 1 is 1.36 bits per heavy atom.